The number of hydrogen-bond donors (Lipinski definition) is 5. The molecule has 10 atom stereocenters. The second kappa shape index (κ2) is 7.04. The summed E-state index contributed by atoms with van der Waals surface area (Å²) >= 11 is 0. The molecule has 2 aliphatic heterocycles. The lowest BCUT2D eigenvalue weighted by Crippen LogP contribution is -2.63. The summed E-state index contributed by atoms with van der Waals surface area (Å²) in [6, 6.07) is 0. The zero-order valence-electron chi connectivity index (χ0n) is 12.6. The highest BCUT2D eigenvalue weighted by atomic mass is 16.7. The molecule has 0 unspecified atom stereocenters. The van der Waals surface area contributed by atoms with Crippen molar-refractivity contribution in [3.8, 4) is 0 Å². The predicted molar refractivity (Wildman–Crippen MR) is 70.6 cm³/mol. The van der Waals surface area contributed by atoms with Gasteiger partial charge >= 0.3 is 0 Å². The van der Waals surface area contributed by atoms with Crippen molar-refractivity contribution in [1.29, 1.82) is 0 Å². The lowest BCUT2D eigenvalue weighted by atomic mass is 9.97. The molecule has 2 aliphatic rings. The summed E-state index contributed by atoms with van der Waals surface area (Å²) < 4.78 is 21.0. The first-order valence-electron chi connectivity index (χ1n) is 7.17. The quantitative estimate of drug-likeness (QED) is 0.376. The molecule has 5 N–H and O–H groups in total. The van der Waals surface area contributed by atoms with Gasteiger partial charge in [0.2, 0.25) is 0 Å². The average Bonchev–Trinajstić information content (AvgIpc) is 2.50. The molecule has 0 saturated carbocycles. The van der Waals surface area contributed by atoms with E-state index in [0.717, 1.165) is 0 Å². The van der Waals surface area contributed by atoms with E-state index >= 15 is 0 Å². The maximum atomic E-state index is 10.1. The van der Waals surface area contributed by atoms with Crippen LogP contribution < -0.4 is 0 Å². The molecule has 9 nitrogen and oxygen atoms in total. The van der Waals surface area contributed by atoms with Crippen LogP contribution in [0.5, 0.6) is 0 Å². The zero-order chi connectivity index (χ0) is 16.6. The van der Waals surface area contributed by atoms with Crippen molar-refractivity contribution in [2.45, 2.75) is 75.3 Å². The molecule has 22 heavy (non-hydrogen) atoms. The Morgan fingerprint density at radius 1 is 0.682 bits per heavy atom. The van der Waals surface area contributed by atoms with Gasteiger partial charge in [-0.2, -0.15) is 0 Å². The molecule has 0 bridgehead atoms. The standard InChI is InChI=1S/C13H24O9/c1-4-6(14)8(16)9(17)13(21-4)22-11-7(15)5(2)20-12(19-3)10(11)18/h4-18H,1-3H3/t4-,5+,6-,7+,8+,9-,10+,11-,12+,13+/m0/s1. The van der Waals surface area contributed by atoms with Gasteiger partial charge in [0.15, 0.2) is 12.6 Å². The van der Waals surface area contributed by atoms with Crippen molar-refractivity contribution in [1.82, 2.24) is 0 Å². The van der Waals surface area contributed by atoms with Crippen molar-refractivity contribution in [2.75, 3.05) is 7.11 Å². The molecule has 0 aromatic carbocycles. The van der Waals surface area contributed by atoms with Gasteiger partial charge in [0, 0.05) is 7.11 Å². The van der Waals surface area contributed by atoms with Crippen molar-refractivity contribution in [2.24, 2.45) is 0 Å². The third-order valence-corrected chi connectivity index (χ3v) is 4.11. The van der Waals surface area contributed by atoms with E-state index in [1.54, 1.807) is 6.92 Å². The van der Waals surface area contributed by atoms with Crippen LogP contribution >= 0.6 is 0 Å². The number of hydrogen-bond acceptors (Lipinski definition) is 9. The lowest BCUT2D eigenvalue weighted by Gasteiger charge is -2.45. The fourth-order valence-corrected chi connectivity index (χ4v) is 2.63. The minimum atomic E-state index is -1.52. The van der Waals surface area contributed by atoms with E-state index in [1.807, 2.05) is 0 Å². The van der Waals surface area contributed by atoms with E-state index < -0.39 is 61.4 Å². The highest BCUT2D eigenvalue weighted by Gasteiger charge is 2.49. The van der Waals surface area contributed by atoms with Gasteiger partial charge in [-0.15, -0.1) is 0 Å². The van der Waals surface area contributed by atoms with Crippen LogP contribution in [-0.2, 0) is 18.9 Å². The van der Waals surface area contributed by atoms with E-state index in [9.17, 15) is 25.5 Å². The largest absolute Gasteiger partial charge is 0.388 e. The first kappa shape index (κ1) is 18.0. The Kier molecular flexibility index (Phi) is 5.75. The first-order valence-corrected chi connectivity index (χ1v) is 7.17. The average molecular weight is 324 g/mol. The molecule has 0 radical (unpaired) electrons. The summed E-state index contributed by atoms with van der Waals surface area (Å²) in [7, 11) is 1.34. The summed E-state index contributed by atoms with van der Waals surface area (Å²) in [6.45, 7) is 3.09. The fourth-order valence-electron chi connectivity index (χ4n) is 2.63. The molecular formula is C13H24O9. The van der Waals surface area contributed by atoms with E-state index in [-0.39, 0.29) is 0 Å². The third-order valence-electron chi connectivity index (χ3n) is 4.11. The van der Waals surface area contributed by atoms with Crippen molar-refractivity contribution >= 4 is 0 Å². The van der Waals surface area contributed by atoms with Gasteiger partial charge in [0.25, 0.3) is 0 Å². The van der Waals surface area contributed by atoms with E-state index in [0.29, 0.717) is 0 Å². The Bertz CT molecular complexity index is 367. The first-order chi connectivity index (χ1) is 10.3. The normalized spacial score (nSPS) is 53.5. The molecular weight excluding hydrogens is 300 g/mol. The van der Waals surface area contributed by atoms with Gasteiger partial charge in [-0.1, -0.05) is 0 Å². The summed E-state index contributed by atoms with van der Waals surface area (Å²) in [6.07, 6.45) is -11.7. The Morgan fingerprint density at radius 2 is 1.23 bits per heavy atom. The van der Waals surface area contributed by atoms with Gasteiger partial charge in [0.05, 0.1) is 12.2 Å². The predicted octanol–water partition coefficient (Wildman–Crippen LogP) is -2.69. The minimum Gasteiger partial charge on any atom is -0.388 e. The van der Waals surface area contributed by atoms with Crippen LogP contribution in [0.15, 0.2) is 0 Å². The van der Waals surface area contributed by atoms with Crippen LogP contribution in [0.2, 0.25) is 0 Å². The maximum absolute atomic E-state index is 10.1. The molecule has 0 aliphatic carbocycles. The summed E-state index contributed by atoms with van der Waals surface area (Å²) in [5.41, 5.74) is 0. The van der Waals surface area contributed by atoms with Gasteiger partial charge in [-0.3, -0.25) is 0 Å². The van der Waals surface area contributed by atoms with Crippen LogP contribution in [0.3, 0.4) is 0 Å². The van der Waals surface area contributed by atoms with Crippen LogP contribution in [-0.4, -0.2) is 94.1 Å². The molecule has 0 aromatic heterocycles. The number of ether oxygens (including phenoxy) is 4. The van der Waals surface area contributed by atoms with Gasteiger partial charge < -0.3 is 44.5 Å². The molecule has 2 fully saturated rings. The van der Waals surface area contributed by atoms with Gasteiger partial charge in [-0.25, -0.2) is 0 Å². The number of aliphatic hydroxyl groups excluding tert-OH is 5. The maximum Gasteiger partial charge on any atom is 0.187 e. The van der Waals surface area contributed by atoms with Crippen LogP contribution in [0.4, 0.5) is 0 Å². The Hall–Kier alpha value is -0.360. The molecule has 0 spiro atoms. The minimum absolute atomic E-state index is 0.674. The Labute approximate surface area is 128 Å². The Morgan fingerprint density at radius 3 is 1.82 bits per heavy atom. The summed E-state index contributed by atoms with van der Waals surface area (Å²) in [4.78, 5) is 0. The second-order valence-electron chi connectivity index (χ2n) is 5.71. The lowest BCUT2D eigenvalue weighted by molar-refractivity contribution is -0.351. The summed E-state index contributed by atoms with van der Waals surface area (Å²) in [5.74, 6) is 0. The van der Waals surface area contributed by atoms with E-state index in [2.05, 4.69) is 0 Å². The highest BCUT2D eigenvalue weighted by molar-refractivity contribution is 4.92. The van der Waals surface area contributed by atoms with E-state index in [4.69, 9.17) is 18.9 Å². The molecule has 2 rings (SSSR count). The Balaban J connectivity index is 2.10. The van der Waals surface area contributed by atoms with Crippen LogP contribution in [0.1, 0.15) is 13.8 Å². The molecule has 9 heteroatoms. The number of aliphatic hydroxyl groups is 5. The van der Waals surface area contributed by atoms with Crippen LogP contribution in [0.25, 0.3) is 0 Å². The van der Waals surface area contributed by atoms with Crippen LogP contribution in [0, 0.1) is 0 Å². The molecule has 0 amide bonds. The van der Waals surface area contributed by atoms with E-state index in [1.165, 1.54) is 14.0 Å². The van der Waals surface area contributed by atoms with Gasteiger partial charge in [-0.05, 0) is 13.8 Å². The zero-order valence-corrected chi connectivity index (χ0v) is 12.6. The molecule has 2 saturated heterocycles. The highest BCUT2D eigenvalue weighted by Crippen LogP contribution is 2.29. The third kappa shape index (κ3) is 3.28. The van der Waals surface area contributed by atoms with Crippen molar-refractivity contribution in [3.63, 3.8) is 0 Å². The monoisotopic (exact) mass is 324 g/mol. The van der Waals surface area contributed by atoms with Crippen molar-refractivity contribution in [3.05, 3.63) is 0 Å². The molecule has 2 heterocycles. The number of methoxy groups -OCH3 is 1. The number of rotatable bonds is 3. The van der Waals surface area contributed by atoms with Gasteiger partial charge in [0.1, 0.15) is 36.6 Å². The second-order valence-corrected chi connectivity index (χ2v) is 5.71. The SMILES string of the molecule is CO[C@@H]1O[C@H](C)[C@@H](O)[C@H](O[C@H]2O[C@@H](C)[C@H](O)[C@@H](O)[C@@H]2O)[C@H]1O. The smallest absolute Gasteiger partial charge is 0.187 e. The topological polar surface area (TPSA) is 138 Å². The fraction of sp³-hybridized carbons (Fsp3) is 1.00. The van der Waals surface area contributed by atoms with Crippen molar-refractivity contribution < 1.29 is 44.5 Å². The summed E-state index contributed by atoms with van der Waals surface area (Å²) in [5, 5.41) is 49.6. The molecule has 130 valence electrons. The molecule has 0 aromatic rings.